The Kier molecular flexibility index (Phi) is 5.73. The molecule has 21 heavy (non-hydrogen) atoms. The molecule has 1 N–H and O–H groups in total. The van der Waals surface area contributed by atoms with E-state index < -0.39 is 0 Å². The number of hydrogen-bond acceptors (Lipinski definition) is 4. The molecule has 6 nitrogen and oxygen atoms in total. The van der Waals surface area contributed by atoms with Crippen LogP contribution in [0.2, 0.25) is 0 Å². The smallest absolute Gasteiger partial charge is 0.229 e. The molecule has 0 unspecified atom stereocenters. The van der Waals surface area contributed by atoms with Crippen LogP contribution in [0, 0.1) is 5.92 Å². The summed E-state index contributed by atoms with van der Waals surface area (Å²) < 4.78 is 0. The highest BCUT2D eigenvalue weighted by Gasteiger charge is 2.30. The maximum atomic E-state index is 12.2. The zero-order chi connectivity index (χ0) is 15.2. The number of imide groups is 1. The van der Waals surface area contributed by atoms with Gasteiger partial charge in [-0.25, -0.2) is 0 Å². The summed E-state index contributed by atoms with van der Waals surface area (Å²) in [5.74, 6) is 0.481. The van der Waals surface area contributed by atoms with E-state index in [1.807, 2.05) is 11.9 Å². The molecule has 2 aliphatic rings. The van der Waals surface area contributed by atoms with Crippen LogP contribution in [0.3, 0.4) is 0 Å². The highest BCUT2D eigenvalue weighted by atomic mass is 16.2. The molecule has 118 valence electrons. The van der Waals surface area contributed by atoms with E-state index in [1.165, 1.54) is 4.90 Å². The Labute approximate surface area is 125 Å². The van der Waals surface area contributed by atoms with Crippen molar-refractivity contribution in [1.29, 1.82) is 0 Å². The van der Waals surface area contributed by atoms with Crippen molar-refractivity contribution in [2.75, 3.05) is 33.2 Å². The fourth-order valence-corrected chi connectivity index (χ4v) is 3.06. The van der Waals surface area contributed by atoms with Crippen molar-refractivity contribution < 1.29 is 14.4 Å². The van der Waals surface area contributed by atoms with E-state index in [4.69, 9.17) is 0 Å². The van der Waals surface area contributed by atoms with Gasteiger partial charge in [-0.05, 0) is 38.8 Å². The summed E-state index contributed by atoms with van der Waals surface area (Å²) in [6.45, 7) is 2.87. The lowest BCUT2D eigenvalue weighted by molar-refractivity contribution is -0.139. The second kappa shape index (κ2) is 7.54. The van der Waals surface area contributed by atoms with Gasteiger partial charge in [0.25, 0.3) is 0 Å². The molecular formula is C15H25N3O3. The predicted molar refractivity (Wildman–Crippen MR) is 78.4 cm³/mol. The Morgan fingerprint density at radius 2 is 1.81 bits per heavy atom. The van der Waals surface area contributed by atoms with Crippen LogP contribution < -0.4 is 5.32 Å². The van der Waals surface area contributed by atoms with E-state index >= 15 is 0 Å². The quantitative estimate of drug-likeness (QED) is 0.719. The number of rotatable bonds is 6. The van der Waals surface area contributed by atoms with Crippen molar-refractivity contribution in [1.82, 2.24) is 15.1 Å². The number of amides is 3. The van der Waals surface area contributed by atoms with E-state index in [2.05, 4.69) is 5.32 Å². The highest BCUT2D eigenvalue weighted by Crippen LogP contribution is 2.21. The van der Waals surface area contributed by atoms with Crippen LogP contribution in [0.5, 0.6) is 0 Å². The summed E-state index contributed by atoms with van der Waals surface area (Å²) in [5.41, 5.74) is 0. The Morgan fingerprint density at radius 1 is 1.19 bits per heavy atom. The Balaban J connectivity index is 1.70. The van der Waals surface area contributed by atoms with Crippen LogP contribution in [-0.4, -0.2) is 60.7 Å². The van der Waals surface area contributed by atoms with Gasteiger partial charge in [-0.3, -0.25) is 19.3 Å². The van der Waals surface area contributed by atoms with E-state index in [0.717, 1.165) is 38.9 Å². The molecule has 0 saturated carbocycles. The van der Waals surface area contributed by atoms with Gasteiger partial charge in [-0.2, -0.15) is 0 Å². The summed E-state index contributed by atoms with van der Waals surface area (Å²) >= 11 is 0. The maximum Gasteiger partial charge on any atom is 0.229 e. The molecule has 0 radical (unpaired) electrons. The maximum absolute atomic E-state index is 12.2. The minimum Gasteiger partial charge on any atom is -0.343 e. The third-order valence-corrected chi connectivity index (χ3v) is 4.47. The van der Waals surface area contributed by atoms with Gasteiger partial charge >= 0.3 is 0 Å². The third-order valence-electron chi connectivity index (χ3n) is 4.47. The van der Waals surface area contributed by atoms with Gasteiger partial charge in [0, 0.05) is 38.9 Å². The molecule has 0 aromatic rings. The molecule has 3 amide bonds. The Bertz CT molecular complexity index is 387. The highest BCUT2D eigenvalue weighted by molar-refractivity contribution is 6.02. The van der Waals surface area contributed by atoms with Gasteiger partial charge in [0.1, 0.15) is 0 Å². The molecule has 2 fully saturated rings. The molecule has 2 aliphatic heterocycles. The number of nitrogens with one attached hydrogen (secondary N) is 1. The molecule has 0 bridgehead atoms. The number of piperidine rings is 1. The molecule has 2 heterocycles. The Morgan fingerprint density at radius 3 is 2.38 bits per heavy atom. The molecule has 6 heteroatoms. The second-order valence-corrected chi connectivity index (χ2v) is 5.91. The first-order chi connectivity index (χ1) is 10.1. The molecule has 0 atom stereocenters. The number of likely N-dealkylation sites (tertiary alicyclic amines) is 2. The summed E-state index contributed by atoms with van der Waals surface area (Å²) in [4.78, 5) is 38.2. The van der Waals surface area contributed by atoms with Crippen LogP contribution in [0.15, 0.2) is 0 Å². The van der Waals surface area contributed by atoms with Crippen molar-refractivity contribution in [3.8, 4) is 0 Å². The molecule has 0 spiro atoms. The summed E-state index contributed by atoms with van der Waals surface area (Å²) in [5, 5.41) is 3.16. The predicted octanol–water partition coefficient (Wildman–Crippen LogP) is 0.374. The van der Waals surface area contributed by atoms with E-state index in [9.17, 15) is 14.4 Å². The van der Waals surface area contributed by atoms with Crippen molar-refractivity contribution >= 4 is 17.7 Å². The average Bonchev–Trinajstić information content (AvgIpc) is 2.82. The second-order valence-electron chi connectivity index (χ2n) is 5.91. The topological polar surface area (TPSA) is 69.7 Å². The van der Waals surface area contributed by atoms with Gasteiger partial charge in [-0.15, -0.1) is 0 Å². The Hall–Kier alpha value is -1.43. The van der Waals surface area contributed by atoms with Crippen LogP contribution in [0.25, 0.3) is 0 Å². The molecule has 2 saturated heterocycles. The lowest BCUT2D eigenvalue weighted by atomic mass is 9.93. The van der Waals surface area contributed by atoms with Crippen LogP contribution in [0.1, 0.15) is 38.5 Å². The van der Waals surface area contributed by atoms with Gasteiger partial charge in [0.2, 0.25) is 17.7 Å². The number of hydrogen-bond donors (Lipinski definition) is 1. The minimum absolute atomic E-state index is 0.0644. The van der Waals surface area contributed by atoms with Crippen molar-refractivity contribution in [2.24, 2.45) is 5.92 Å². The van der Waals surface area contributed by atoms with Gasteiger partial charge in [0.05, 0.1) is 0 Å². The van der Waals surface area contributed by atoms with E-state index in [1.54, 1.807) is 0 Å². The van der Waals surface area contributed by atoms with Gasteiger partial charge in [-0.1, -0.05) is 0 Å². The van der Waals surface area contributed by atoms with Gasteiger partial charge in [0.15, 0.2) is 0 Å². The largest absolute Gasteiger partial charge is 0.343 e. The summed E-state index contributed by atoms with van der Waals surface area (Å²) in [7, 11) is 1.96. The lowest BCUT2D eigenvalue weighted by Gasteiger charge is -2.32. The van der Waals surface area contributed by atoms with Crippen molar-refractivity contribution in [3.63, 3.8) is 0 Å². The average molecular weight is 295 g/mol. The molecular weight excluding hydrogens is 270 g/mol. The van der Waals surface area contributed by atoms with Crippen LogP contribution in [0.4, 0.5) is 0 Å². The summed E-state index contributed by atoms with van der Waals surface area (Å²) in [6, 6.07) is 0. The molecule has 0 aromatic heterocycles. The number of carbonyl (C=O) groups excluding carboxylic acids is 3. The monoisotopic (exact) mass is 295 g/mol. The molecule has 2 rings (SSSR count). The molecule has 0 aromatic carbocycles. The summed E-state index contributed by atoms with van der Waals surface area (Å²) in [6.07, 6.45) is 4.12. The van der Waals surface area contributed by atoms with Crippen molar-refractivity contribution in [2.45, 2.75) is 38.5 Å². The molecule has 0 aliphatic carbocycles. The minimum atomic E-state index is -0.140. The standard InChI is InChI=1S/C15H25N3O3/c1-16-8-4-12-5-9-17(10-6-12)13(19)7-11-18-14(20)2-3-15(18)21/h12,16H,2-11H2,1H3. The van der Waals surface area contributed by atoms with E-state index in [-0.39, 0.29) is 30.7 Å². The van der Waals surface area contributed by atoms with Crippen LogP contribution in [-0.2, 0) is 14.4 Å². The fraction of sp³-hybridized carbons (Fsp3) is 0.800. The van der Waals surface area contributed by atoms with E-state index in [0.29, 0.717) is 18.8 Å². The lowest BCUT2D eigenvalue weighted by Crippen LogP contribution is -2.41. The zero-order valence-electron chi connectivity index (χ0n) is 12.8. The fourth-order valence-electron chi connectivity index (χ4n) is 3.06. The SMILES string of the molecule is CNCCC1CCN(C(=O)CCN2C(=O)CCC2=O)CC1. The first kappa shape index (κ1) is 15.9. The van der Waals surface area contributed by atoms with Crippen LogP contribution >= 0.6 is 0 Å². The first-order valence-electron chi connectivity index (χ1n) is 7.87. The number of nitrogens with zero attached hydrogens (tertiary/aromatic N) is 2. The third kappa shape index (κ3) is 4.27. The number of carbonyl (C=O) groups is 3. The van der Waals surface area contributed by atoms with Crippen molar-refractivity contribution in [3.05, 3.63) is 0 Å². The normalized spacial score (nSPS) is 20.4. The van der Waals surface area contributed by atoms with Gasteiger partial charge < -0.3 is 10.2 Å². The zero-order valence-corrected chi connectivity index (χ0v) is 12.8. The first-order valence-corrected chi connectivity index (χ1v) is 7.87.